The molecule has 2 rings (SSSR count). The van der Waals surface area contributed by atoms with Gasteiger partial charge in [-0.1, -0.05) is 12.1 Å². The smallest absolute Gasteiger partial charge is 0.193 e. The van der Waals surface area contributed by atoms with Crippen molar-refractivity contribution in [3.05, 3.63) is 29.8 Å². The molecule has 1 aliphatic rings. The molecule has 0 heterocycles. The van der Waals surface area contributed by atoms with Crippen molar-refractivity contribution >= 4 is 29.9 Å². The highest BCUT2D eigenvalue weighted by Crippen LogP contribution is 2.28. The van der Waals surface area contributed by atoms with Crippen LogP contribution in [0, 0.1) is 5.92 Å². The molecular formula is C18H30IN3O2. The molecule has 24 heavy (non-hydrogen) atoms. The number of halogens is 1. The number of hydrogen-bond donors (Lipinski definition) is 1. The summed E-state index contributed by atoms with van der Waals surface area (Å²) in [5.74, 6) is 2.62. The summed E-state index contributed by atoms with van der Waals surface area (Å²) in [6, 6.07) is 8.18. The first-order valence-corrected chi connectivity index (χ1v) is 8.35. The fourth-order valence-corrected chi connectivity index (χ4v) is 2.34. The molecule has 0 aromatic heterocycles. The molecule has 0 atom stereocenters. The second-order valence-corrected chi connectivity index (χ2v) is 6.01. The third-order valence-corrected chi connectivity index (χ3v) is 4.05. The van der Waals surface area contributed by atoms with E-state index in [4.69, 9.17) is 9.47 Å². The summed E-state index contributed by atoms with van der Waals surface area (Å²) >= 11 is 0. The van der Waals surface area contributed by atoms with Crippen LogP contribution in [0.3, 0.4) is 0 Å². The minimum Gasteiger partial charge on any atom is -0.497 e. The van der Waals surface area contributed by atoms with Gasteiger partial charge < -0.3 is 19.7 Å². The predicted octanol–water partition coefficient (Wildman–Crippen LogP) is 2.79. The maximum atomic E-state index is 5.68. The van der Waals surface area contributed by atoms with Crippen LogP contribution in [-0.4, -0.2) is 58.4 Å². The fraction of sp³-hybridized carbons (Fsp3) is 0.611. The van der Waals surface area contributed by atoms with E-state index < -0.39 is 0 Å². The summed E-state index contributed by atoms with van der Waals surface area (Å²) in [7, 11) is 5.55. The number of hydrogen-bond acceptors (Lipinski definition) is 3. The van der Waals surface area contributed by atoms with E-state index in [-0.39, 0.29) is 24.0 Å². The van der Waals surface area contributed by atoms with Crippen LogP contribution in [0.2, 0.25) is 0 Å². The molecule has 6 heteroatoms. The largest absolute Gasteiger partial charge is 0.497 e. The summed E-state index contributed by atoms with van der Waals surface area (Å²) in [5.41, 5.74) is 1.28. The number of aliphatic imine (C=N–C) groups is 1. The van der Waals surface area contributed by atoms with Crippen LogP contribution in [0.25, 0.3) is 0 Å². The molecule has 0 bridgehead atoms. The van der Waals surface area contributed by atoms with E-state index in [9.17, 15) is 0 Å². The lowest BCUT2D eigenvalue weighted by Gasteiger charge is -2.22. The van der Waals surface area contributed by atoms with Crippen LogP contribution in [0.15, 0.2) is 29.3 Å². The third-order valence-electron chi connectivity index (χ3n) is 4.05. The summed E-state index contributed by atoms with van der Waals surface area (Å²) < 4.78 is 10.9. The number of benzene rings is 1. The van der Waals surface area contributed by atoms with Crippen molar-refractivity contribution in [2.24, 2.45) is 10.9 Å². The number of likely N-dealkylation sites (N-methyl/N-ethyl adjacent to an activating group) is 1. The van der Waals surface area contributed by atoms with Gasteiger partial charge in [0.25, 0.3) is 0 Å². The Morgan fingerprint density at radius 2 is 2.00 bits per heavy atom. The molecule has 1 fully saturated rings. The highest BCUT2D eigenvalue weighted by molar-refractivity contribution is 14.0. The van der Waals surface area contributed by atoms with E-state index in [1.54, 1.807) is 7.11 Å². The van der Waals surface area contributed by atoms with Gasteiger partial charge >= 0.3 is 0 Å². The lowest BCUT2D eigenvalue weighted by atomic mass is 10.1. The SMILES string of the molecule is CN=C(NCCc1ccc(OC)cc1)N(C)CCOCC1CC1.I. The Labute approximate surface area is 162 Å². The zero-order chi connectivity index (χ0) is 16.5. The number of methoxy groups -OCH3 is 1. The van der Waals surface area contributed by atoms with Gasteiger partial charge in [0.2, 0.25) is 0 Å². The monoisotopic (exact) mass is 447 g/mol. The van der Waals surface area contributed by atoms with Crippen LogP contribution < -0.4 is 10.1 Å². The Morgan fingerprint density at radius 1 is 1.29 bits per heavy atom. The summed E-state index contributed by atoms with van der Waals surface area (Å²) in [5, 5.41) is 3.40. The average molecular weight is 447 g/mol. The van der Waals surface area contributed by atoms with Gasteiger partial charge in [0.05, 0.1) is 13.7 Å². The standard InChI is InChI=1S/C18H29N3O2.HI/c1-19-18(21(2)12-13-23-14-16-4-5-16)20-11-10-15-6-8-17(22-3)9-7-15;/h6-9,16H,4-5,10-14H2,1-3H3,(H,19,20);1H. The maximum Gasteiger partial charge on any atom is 0.193 e. The van der Waals surface area contributed by atoms with Gasteiger partial charge in [-0.15, -0.1) is 24.0 Å². The highest BCUT2D eigenvalue weighted by atomic mass is 127. The van der Waals surface area contributed by atoms with Crippen LogP contribution in [0.4, 0.5) is 0 Å². The Bertz CT molecular complexity index is 490. The molecule has 1 aromatic rings. The normalized spacial score (nSPS) is 14.0. The Kier molecular flexibility index (Phi) is 10.1. The molecule has 0 saturated heterocycles. The number of ether oxygens (including phenoxy) is 2. The molecule has 5 nitrogen and oxygen atoms in total. The zero-order valence-corrected chi connectivity index (χ0v) is 17.3. The summed E-state index contributed by atoms with van der Waals surface area (Å²) in [6.07, 6.45) is 3.63. The van der Waals surface area contributed by atoms with Crippen molar-refractivity contribution in [1.29, 1.82) is 0 Å². The molecule has 0 spiro atoms. The Hall–Kier alpha value is -1.02. The zero-order valence-electron chi connectivity index (χ0n) is 15.0. The van der Waals surface area contributed by atoms with E-state index in [0.717, 1.165) is 50.4 Å². The first-order chi connectivity index (χ1) is 11.2. The molecule has 136 valence electrons. The van der Waals surface area contributed by atoms with E-state index >= 15 is 0 Å². The quantitative estimate of drug-likeness (QED) is 0.274. The second kappa shape index (κ2) is 11.5. The van der Waals surface area contributed by atoms with E-state index in [2.05, 4.69) is 27.3 Å². The van der Waals surface area contributed by atoms with Crippen molar-refractivity contribution in [3.63, 3.8) is 0 Å². The number of nitrogens with zero attached hydrogens (tertiary/aromatic N) is 2. The molecule has 1 N–H and O–H groups in total. The second-order valence-electron chi connectivity index (χ2n) is 6.01. The Balaban J connectivity index is 0.00000288. The van der Waals surface area contributed by atoms with Gasteiger partial charge in [0.1, 0.15) is 5.75 Å². The number of guanidine groups is 1. The van der Waals surface area contributed by atoms with Gasteiger partial charge in [-0.25, -0.2) is 0 Å². The molecule has 0 unspecified atom stereocenters. The molecular weight excluding hydrogens is 417 g/mol. The molecule has 0 radical (unpaired) electrons. The van der Waals surface area contributed by atoms with Gasteiger partial charge in [-0.05, 0) is 42.9 Å². The average Bonchev–Trinajstić information content (AvgIpc) is 3.40. The first kappa shape index (κ1) is 21.0. The topological polar surface area (TPSA) is 46.1 Å². The van der Waals surface area contributed by atoms with Gasteiger partial charge in [-0.3, -0.25) is 4.99 Å². The van der Waals surface area contributed by atoms with Crippen LogP contribution >= 0.6 is 24.0 Å². The minimum atomic E-state index is 0. The predicted molar refractivity (Wildman–Crippen MR) is 110 cm³/mol. The van der Waals surface area contributed by atoms with Gasteiger partial charge in [0.15, 0.2) is 5.96 Å². The van der Waals surface area contributed by atoms with Gasteiger partial charge in [0, 0.05) is 33.8 Å². The minimum absolute atomic E-state index is 0. The lowest BCUT2D eigenvalue weighted by Crippen LogP contribution is -2.41. The summed E-state index contributed by atoms with van der Waals surface area (Å²) in [6.45, 7) is 3.38. The van der Waals surface area contributed by atoms with Crippen molar-refractivity contribution in [3.8, 4) is 5.75 Å². The van der Waals surface area contributed by atoms with Crippen molar-refractivity contribution in [2.45, 2.75) is 19.3 Å². The molecule has 1 aliphatic carbocycles. The van der Waals surface area contributed by atoms with E-state index in [1.165, 1.54) is 18.4 Å². The molecule has 0 amide bonds. The highest BCUT2D eigenvalue weighted by Gasteiger charge is 2.21. The van der Waals surface area contributed by atoms with Crippen LogP contribution in [0.5, 0.6) is 5.75 Å². The lowest BCUT2D eigenvalue weighted by molar-refractivity contribution is 0.115. The Morgan fingerprint density at radius 3 is 2.58 bits per heavy atom. The maximum absolute atomic E-state index is 5.68. The number of nitrogens with one attached hydrogen (secondary N) is 1. The van der Waals surface area contributed by atoms with Crippen LogP contribution in [-0.2, 0) is 11.2 Å². The summed E-state index contributed by atoms with van der Waals surface area (Å²) in [4.78, 5) is 6.44. The van der Waals surface area contributed by atoms with Crippen LogP contribution in [0.1, 0.15) is 18.4 Å². The third kappa shape index (κ3) is 7.70. The first-order valence-electron chi connectivity index (χ1n) is 8.35. The fourth-order valence-electron chi connectivity index (χ4n) is 2.34. The molecule has 1 saturated carbocycles. The van der Waals surface area contributed by atoms with E-state index in [1.807, 2.05) is 26.2 Å². The van der Waals surface area contributed by atoms with Gasteiger partial charge in [-0.2, -0.15) is 0 Å². The van der Waals surface area contributed by atoms with Crippen molar-refractivity contribution in [1.82, 2.24) is 10.2 Å². The number of rotatable bonds is 9. The van der Waals surface area contributed by atoms with Crippen molar-refractivity contribution in [2.75, 3.05) is 47.5 Å². The molecule has 0 aliphatic heterocycles. The van der Waals surface area contributed by atoms with E-state index in [0.29, 0.717) is 0 Å². The molecule has 1 aromatic carbocycles. The van der Waals surface area contributed by atoms with Crippen molar-refractivity contribution < 1.29 is 9.47 Å².